The van der Waals surface area contributed by atoms with Crippen molar-refractivity contribution in [2.45, 2.75) is 26.9 Å². The van der Waals surface area contributed by atoms with Gasteiger partial charge in [-0.15, -0.1) is 0 Å². The Hall–Kier alpha value is -2.80. The van der Waals surface area contributed by atoms with Gasteiger partial charge in [-0.3, -0.25) is 15.6 Å². The zero-order chi connectivity index (χ0) is 19.1. The molecule has 2 aromatic carbocycles. The van der Waals surface area contributed by atoms with E-state index in [0.717, 1.165) is 11.3 Å². The molecule has 0 aliphatic heterocycles. The highest BCUT2D eigenvalue weighted by Gasteiger charge is 2.12. The first-order valence-corrected chi connectivity index (χ1v) is 8.59. The number of hydrogen-bond acceptors (Lipinski definition) is 4. The van der Waals surface area contributed by atoms with E-state index in [1.807, 2.05) is 45.0 Å². The van der Waals surface area contributed by atoms with Gasteiger partial charge in [-0.05, 0) is 62.8 Å². The largest absolute Gasteiger partial charge is 0.493 e. The van der Waals surface area contributed by atoms with Crippen LogP contribution < -0.4 is 25.6 Å². The normalized spacial score (nSPS) is 10.2. The maximum absolute atomic E-state index is 12.3. The van der Waals surface area contributed by atoms with Crippen LogP contribution in [-0.4, -0.2) is 24.2 Å². The first kappa shape index (κ1) is 19.5. The molecular formula is C19H23N3O3S. The van der Waals surface area contributed by atoms with Gasteiger partial charge in [-0.25, -0.2) is 0 Å². The second-order valence-corrected chi connectivity index (χ2v) is 6.29. The molecule has 138 valence electrons. The number of carbonyl (C=O) groups excluding carboxylic acids is 1. The molecule has 0 atom stereocenters. The highest BCUT2D eigenvalue weighted by Crippen LogP contribution is 2.28. The Kier molecular flexibility index (Phi) is 6.80. The van der Waals surface area contributed by atoms with Crippen molar-refractivity contribution in [3.8, 4) is 11.5 Å². The van der Waals surface area contributed by atoms with Crippen molar-refractivity contribution in [2.24, 2.45) is 0 Å². The summed E-state index contributed by atoms with van der Waals surface area (Å²) in [6.45, 7) is 5.81. The smallest absolute Gasteiger partial charge is 0.269 e. The molecule has 0 aliphatic carbocycles. The van der Waals surface area contributed by atoms with Gasteiger partial charge in [0.25, 0.3) is 5.91 Å². The molecule has 6 nitrogen and oxygen atoms in total. The molecule has 2 rings (SSSR count). The quantitative estimate of drug-likeness (QED) is 0.551. The maximum Gasteiger partial charge on any atom is 0.269 e. The van der Waals surface area contributed by atoms with Gasteiger partial charge < -0.3 is 14.8 Å². The number of amides is 1. The van der Waals surface area contributed by atoms with E-state index in [2.05, 4.69) is 16.2 Å². The molecule has 3 N–H and O–H groups in total. The number of methoxy groups -OCH3 is 1. The minimum absolute atomic E-state index is 0.00938. The highest BCUT2D eigenvalue weighted by molar-refractivity contribution is 7.80. The van der Waals surface area contributed by atoms with E-state index in [1.165, 1.54) is 7.11 Å². The summed E-state index contributed by atoms with van der Waals surface area (Å²) >= 11 is 5.20. The van der Waals surface area contributed by atoms with Crippen LogP contribution in [0.4, 0.5) is 5.69 Å². The fraction of sp³-hybridized carbons (Fsp3) is 0.263. The molecule has 0 aromatic heterocycles. The van der Waals surface area contributed by atoms with E-state index in [9.17, 15) is 4.79 Å². The summed E-state index contributed by atoms with van der Waals surface area (Å²) in [4.78, 5) is 12.3. The second kappa shape index (κ2) is 9.05. The van der Waals surface area contributed by atoms with Crippen LogP contribution in [0.15, 0.2) is 42.5 Å². The number of aryl methyl sites for hydroxylation is 1. The third-order valence-corrected chi connectivity index (χ3v) is 3.68. The second-order valence-electron chi connectivity index (χ2n) is 5.88. The molecular weight excluding hydrogens is 350 g/mol. The molecule has 1 amide bonds. The standard InChI is InChI=1S/C19H23N3O3S/c1-12(2)25-16-10-9-14(11-17(16)24-4)18(23)21-22-19(26)20-15-8-6-5-7-13(15)3/h5-12H,1-4H3,(H,21,23)(H2,20,22,26). The number of hydrogen-bond donors (Lipinski definition) is 3. The van der Waals surface area contributed by atoms with E-state index in [4.69, 9.17) is 21.7 Å². The zero-order valence-electron chi connectivity index (χ0n) is 15.3. The van der Waals surface area contributed by atoms with Gasteiger partial charge in [0.05, 0.1) is 13.2 Å². The van der Waals surface area contributed by atoms with Crippen LogP contribution in [0.2, 0.25) is 0 Å². The minimum atomic E-state index is -0.340. The van der Waals surface area contributed by atoms with Gasteiger partial charge in [0.15, 0.2) is 16.6 Å². The topological polar surface area (TPSA) is 71.6 Å². The van der Waals surface area contributed by atoms with E-state index in [0.29, 0.717) is 22.2 Å². The van der Waals surface area contributed by atoms with Gasteiger partial charge in [-0.2, -0.15) is 0 Å². The molecule has 26 heavy (non-hydrogen) atoms. The third-order valence-electron chi connectivity index (χ3n) is 3.47. The summed E-state index contributed by atoms with van der Waals surface area (Å²) in [6.07, 6.45) is 0.00938. The van der Waals surface area contributed by atoms with E-state index >= 15 is 0 Å². The average Bonchev–Trinajstić information content (AvgIpc) is 2.61. The number of anilines is 1. The number of rotatable bonds is 5. The number of hydrazine groups is 1. The Morgan fingerprint density at radius 1 is 1.08 bits per heavy atom. The number of ether oxygens (including phenoxy) is 2. The molecule has 0 fully saturated rings. The lowest BCUT2D eigenvalue weighted by Crippen LogP contribution is -2.43. The molecule has 0 heterocycles. The summed E-state index contributed by atoms with van der Waals surface area (Å²) in [5.41, 5.74) is 7.59. The molecule has 0 saturated carbocycles. The lowest BCUT2D eigenvalue weighted by Gasteiger charge is -2.15. The Morgan fingerprint density at radius 3 is 2.46 bits per heavy atom. The minimum Gasteiger partial charge on any atom is -0.493 e. The van der Waals surface area contributed by atoms with Gasteiger partial charge in [0.2, 0.25) is 0 Å². The van der Waals surface area contributed by atoms with Crippen LogP contribution in [0.3, 0.4) is 0 Å². The molecule has 0 spiro atoms. The molecule has 0 radical (unpaired) electrons. The molecule has 2 aromatic rings. The Bertz CT molecular complexity index is 793. The lowest BCUT2D eigenvalue weighted by atomic mass is 10.2. The fourth-order valence-electron chi connectivity index (χ4n) is 2.21. The number of nitrogens with one attached hydrogen (secondary N) is 3. The number of benzene rings is 2. The van der Waals surface area contributed by atoms with Gasteiger partial charge >= 0.3 is 0 Å². The van der Waals surface area contributed by atoms with Crippen LogP contribution in [0.25, 0.3) is 0 Å². The SMILES string of the molecule is COc1cc(C(=O)NNC(=S)Nc2ccccc2C)ccc1OC(C)C. The Labute approximate surface area is 158 Å². The van der Waals surface area contributed by atoms with Gasteiger partial charge in [0, 0.05) is 11.3 Å². The summed E-state index contributed by atoms with van der Waals surface area (Å²) in [7, 11) is 1.53. The molecule has 7 heteroatoms. The van der Waals surface area contributed by atoms with Crippen LogP contribution in [0, 0.1) is 6.92 Å². The predicted octanol–water partition coefficient (Wildman–Crippen LogP) is 3.42. The molecule has 0 bridgehead atoms. The number of carbonyl (C=O) groups is 1. The van der Waals surface area contributed by atoms with Gasteiger partial charge in [-0.1, -0.05) is 18.2 Å². The number of para-hydroxylation sites is 1. The Morgan fingerprint density at radius 2 is 1.81 bits per heavy atom. The van der Waals surface area contributed by atoms with Crippen LogP contribution >= 0.6 is 12.2 Å². The predicted molar refractivity (Wildman–Crippen MR) is 107 cm³/mol. The van der Waals surface area contributed by atoms with Crippen molar-refractivity contribution in [3.05, 3.63) is 53.6 Å². The summed E-state index contributed by atoms with van der Waals surface area (Å²) in [6, 6.07) is 12.7. The van der Waals surface area contributed by atoms with E-state index in [1.54, 1.807) is 18.2 Å². The van der Waals surface area contributed by atoms with E-state index in [-0.39, 0.29) is 12.0 Å². The van der Waals surface area contributed by atoms with Crippen molar-refractivity contribution in [3.63, 3.8) is 0 Å². The average molecular weight is 373 g/mol. The lowest BCUT2D eigenvalue weighted by molar-refractivity contribution is 0.0943. The maximum atomic E-state index is 12.3. The molecule has 0 saturated heterocycles. The van der Waals surface area contributed by atoms with Crippen molar-refractivity contribution < 1.29 is 14.3 Å². The fourth-order valence-corrected chi connectivity index (χ4v) is 2.37. The van der Waals surface area contributed by atoms with Crippen LogP contribution in [-0.2, 0) is 0 Å². The summed E-state index contributed by atoms with van der Waals surface area (Å²) in [5.74, 6) is 0.740. The highest BCUT2D eigenvalue weighted by atomic mass is 32.1. The van der Waals surface area contributed by atoms with Crippen molar-refractivity contribution in [1.29, 1.82) is 0 Å². The van der Waals surface area contributed by atoms with Gasteiger partial charge in [0.1, 0.15) is 0 Å². The molecule has 0 unspecified atom stereocenters. The molecule has 0 aliphatic rings. The monoisotopic (exact) mass is 373 g/mol. The third kappa shape index (κ3) is 5.35. The van der Waals surface area contributed by atoms with E-state index < -0.39 is 0 Å². The first-order chi connectivity index (χ1) is 12.4. The van der Waals surface area contributed by atoms with Crippen LogP contribution in [0.1, 0.15) is 29.8 Å². The summed E-state index contributed by atoms with van der Waals surface area (Å²) in [5, 5.41) is 3.32. The number of thiocarbonyl (C=S) groups is 1. The van der Waals surface area contributed by atoms with Crippen molar-refractivity contribution in [2.75, 3.05) is 12.4 Å². The first-order valence-electron chi connectivity index (χ1n) is 8.18. The summed E-state index contributed by atoms with van der Waals surface area (Å²) < 4.78 is 10.9. The Balaban J connectivity index is 1.97. The van der Waals surface area contributed by atoms with Crippen molar-refractivity contribution in [1.82, 2.24) is 10.9 Å². The van der Waals surface area contributed by atoms with Crippen molar-refractivity contribution >= 4 is 28.9 Å². The van der Waals surface area contributed by atoms with Crippen LogP contribution in [0.5, 0.6) is 11.5 Å². The zero-order valence-corrected chi connectivity index (χ0v) is 16.1.